The summed E-state index contributed by atoms with van der Waals surface area (Å²) in [7, 11) is 0. The number of fused-ring (bicyclic) bond motifs is 1. The highest BCUT2D eigenvalue weighted by molar-refractivity contribution is 5.94. The number of aromatic amines is 1. The molecule has 2 aromatic carbocycles. The number of nitrogens with zero attached hydrogens (tertiary/aromatic N) is 3. The standard InChI is InChI=1S/C26H28N4O4/c31-23-21-7-3-4-8-22(21)30(26(34)27-23)17-18-9-11-20(12-10-18)25(33)29-15-13-28(14-16-29)24(32)19-5-1-2-6-19/h3-4,7-12,19H,1-2,5-6,13-17H2,(H,27,31,34). The van der Waals surface area contributed by atoms with Gasteiger partial charge in [-0.3, -0.25) is 23.9 Å². The van der Waals surface area contributed by atoms with Gasteiger partial charge < -0.3 is 9.80 Å². The maximum absolute atomic E-state index is 13.0. The van der Waals surface area contributed by atoms with Crippen LogP contribution in [0.1, 0.15) is 41.6 Å². The van der Waals surface area contributed by atoms with E-state index >= 15 is 0 Å². The average molecular weight is 461 g/mol. The molecule has 2 fully saturated rings. The monoisotopic (exact) mass is 460 g/mol. The molecule has 0 unspecified atom stereocenters. The van der Waals surface area contributed by atoms with E-state index in [0.717, 1.165) is 31.2 Å². The second kappa shape index (κ2) is 9.29. The molecule has 1 N–H and O–H groups in total. The molecule has 0 bridgehead atoms. The minimum absolute atomic E-state index is 0.0498. The largest absolute Gasteiger partial charge is 0.339 e. The summed E-state index contributed by atoms with van der Waals surface area (Å²) in [4.78, 5) is 56.2. The lowest BCUT2D eigenvalue weighted by Gasteiger charge is -2.36. The first kappa shape index (κ1) is 22.1. The molecule has 2 heterocycles. The van der Waals surface area contributed by atoms with Crippen molar-refractivity contribution >= 4 is 22.7 Å². The topological polar surface area (TPSA) is 95.5 Å². The Bertz CT molecular complexity index is 1330. The molecule has 3 aromatic rings. The molecular weight excluding hydrogens is 432 g/mol. The van der Waals surface area contributed by atoms with E-state index in [1.54, 1.807) is 41.3 Å². The second-order valence-corrected chi connectivity index (χ2v) is 9.16. The lowest BCUT2D eigenvalue weighted by Crippen LogP contribution is -2.51. The summed E-state index contributed by atoms with van der Waals surface area (Å²) in [6.45, 7) is 2.53. The first-order valence-corrected chi connectivity index (χ1v) is 11.9. The maximum Gasteiger partial charge on any atom is 0.329 e. The number of H-pyrrole nitrogens is 1. The van der Waals surface area contributed by atoms with E-state index in [1.165, 1.54) is 4.57 Å². The predicted molar refractivity (Wildman–Crippen MR) is 129 cm³/mol. The van der Waals surface area contributed by atoms with Gasteiger partial charge in [-0.2, -0.15) is 0 Å². The number of nitrogens with one attached hydrogen (secondary N) is 1. The fraction of sp³-hybridized carbons (Fsp3) is 0.385. The number of hydrogen-bond acceptors (Lipinski definition) is 4. The van der Waals surface area contributed by atoms with Gasteiger partial charge in [-0.1, -0.05) is 37.1 Å². The normalized spacial score (nSPS) is 16.8. The van der Waals surface area contributed by atoms with Gasteiger partial charge in [-0.05, 0) is 42.7 Å². The molecule has 176 valence electrons. The van der Waals surface area contributed by atoms with Crippen LogP contribution in [-0.2, 0) is 11.3 Å². The third-order valence-electron chi connectivity index (χ3n) is 7.03. The summed E-state index contributed by atoms with van der Waals surface area (Å²) in [6.07, 6.45) is 4.26. The Kier molecular flexibility index (Phi) is 6.04. The Morgan fingerprint density at radius 3 is 2.21 bits per heavy atom. The van der Waals surface area contributed by atoms with Gasteiger partial charge in [0.15, 0.2) is 0 Å². The summed E-state index contributed by atoms with van der Waals surface area (Å²) in [6, 6.07) is 14.2. The Morgan fingerprint density at radius 1 is 0.853 bits per heavy atom. The van der Waals surface area contributed by atoms with Crippen LogP contribution in [-0.4, -0.2) is 57.3 Å². The Labute approximate surface area is 196 Å². The van der Waals surface area contributed by atoms with E-state index < -0.39 is 11.2 Å². The number of aromatic nitrogens is 2. The summed E-state index contributed by atoms with van der Waals surface area (Å²) < 4.78 is 1.52. The molecule has 1 aliphatic carbocycles. The molecule has 2 amide bonds. The Hall–Kier alpha value is -3.68. The molecule has 5 rings (SSSR count). The van der Waals surface area contributed by atoms with Crippen molar-refractivity contribution in [1.29, 1.82) is 0 Å². The number of hydrogen-bond donors (Lipinski definition) is 1. The highest BCUT2D eigenvalue weighted by atomic mass is 16.2. The van der Waals surface area contributed by atoms with Crippen molar-refractivity contribution in [3.8, 4) is 0 Å². The Balaban J connectivity index is 1.25. The fourth-order valence-electron chi connectivity index (χ4n) is 5.08. The number of rotatable bonds is 4. The molecule has 1 aliphatic heterocycles. The molecule has 1 saturated heterocycles. The van der Waals surface area contributed by atoms with E-state index in [-0.39, 0.29) is 24.3 Å². The number of carbonyl (C=O) groups excluding carboxylic acids is 2. The lowest BCUT2D eigenvalue weighted by molar-refractivity contribution is -0.136. The zero-order valence-electron chi connectivity index (χ0n) is 19.0. The zero-order valence-corrected chi connectivity index (χ0v) is 19.0. The quantitative estimate of drug-likeness (QED) is 0.646. The third-order valence-corrected chi connectivity index (χ3v) is 7.03. The second-order valence-electron chi connectivity index (χ2n) is 9.16. The highest BCUT2D eigenvalue weighted by Crippen LogP contribution is 2.27. The molecule has 8 nitrogen and oxygen atoms in total. The summed E-state index contributed by atoms with van der Waals surface area (Å²) >= 11 is 0. The molecule has 2 aliphatic rings. The van der Waals surface area contributed by atoms with Crippen molar-refractivity contribution in [2.45, 2.75) is 32.2 Å². The number of benzene rings is 2. The minimum atomic E-state index is -0.464. The van der Waals surface area contributed by atoms with Gasteiger partial charge in [0.05, 0.1) is 17.4 Å². The van der Waals surface area contributed by atoms with Crippen LogP contribution in [0.3, 0.4) is 0 Å². The number of piperazine rings is 1. The summed E-state index contributed by atoms with van der Waals surface area (Å²) in [5, 5.41) is 0.458. The molecule has 0 atom stereocenters. The predicted octanol–water partition coefficient (Wildman–Crippen LogP) is 2.21. The first-order chi connectivity index (χ1) is 16.5. The highest BCUT2D eigenvalue weighted by Gasteiger charge is 2.30. The van der Waals surface area contributed by atoms with Crippen LogP contribution in [0.5, 0.6) is 0 Å². The van der Waals surface area contributed by atoms with Gasteiger partial charge in [-0.15, -0.1) is 0 Å². The van der Waals surface area contributed by atoms with Crippen molar-refractivity contribution in [3.05, 3.63) is 80.5 Å². The van der Waals surface area contributed by atoms with Crippen molar-refractivity contribution in [2.75, 3.05) is 26.2 Å². The maximum atomic E-state index is 13.0. The fourth-order valence-corrected chi connectivity index (χ4v) is 5.08. The lowest BCUT2D eigenvalue weighted by atomic mass is 10.1. The van der Waals surface area contributed by atoms with Gasteiger partial charge in [0, 0.05) is 37.7 Å². The molecular formula is C26H28N4O4. The van der Waals surface area contributed by atoms with Gasteiger partial charge >= 0.3 is 5.69 Å². The van der Waals surface area contributed by atoms with Crippen LogP contribution in [0.4, 0.5) is 0 Å². The summed E-state index contributed by atoms with van der Waals surface area (Å²) in [5.74, 6) is 0.368. The van der Waals surface area contributed by atoms with Crippen LogP contribution in [0, 0.1) is 5.92 Å². The van der Waals surface area contributed by atoms with Gasteiger partial charge in [0.1, 0.15) is 0 Å². The molecule has 34 heavy (non-hydrogen) atoms. The van der Waals surface area contributed by atoms with E-state index in [2.05, 4.69) is 4.98 Å². The van der Waals surface area contributed by atoms with E-state index in [1.807, 2.05) is 17.0 Å². The van der Waals surface area contributed by atoms with E-state index in [0.29, 0.717) is 42.6 Å². The van der Waals surface area contributed by atoms with Crippen LogP contribution >= 0.6 is 0 Å². The minimum Gasteiger partial charge on any atom is -0.339 e. The van der Waals surface area contributed by atoms with Crippen molar-refractivity contribution in [3.63, 3.8) is 0 Å². The number of carbonyl (C=O) groups is 2. The van der Waals surface area contributed by atoms with Crippen LogP contribution in [0.2, 0.25) is 0 Å². The average Bonchev–Trinajstić information content (AvgIpc) is 3.41. The number of para-hydroxylation sites is 1. The molecule has 1 aromatic heterocycles. The van der Waals surface area contributed by atoms with Crippen molar-refractivity contribution < 1.29 is 9.59 Å². The molecule has 1 saturated carbocycles. The molecule has 0 radical (unpaired) electrons. The van der Waals surface area contributed by atoms with E-state index in [9.17, 15) is 19.2 Å². The summed E-state index contributed by atoms with van der Waals surface area (Å²) in [5.41, 5.74) is 1.14. The molecule has 0 spiro atoms. The van der Waals surface area contributed by atoms with Crippen molar-refractivity contribution in [2.24, 2.45) is 5.92 Å². The van der Waals surface area contributed by atoms with Crippen LogP contribution in [0.15, 0.2) is 58.1 Å². The zero-order chi connectivity index (χ0) is 23.7. The third kappa shape index (κ3) is 4.27. The van der Waals surface area contributed by atoms with Crippen molar-refractivity contribution in [1.82, 2.24) is 19.4 Å². The van der Waals surface area contributed by atoms with E-state index in [4.69, 9.17) is 0 Å². The van der Waals surface area contributed by atoms with Gasteiger partial charge in [-0.25, -0.2) is 4.79 Å². The van der Waals surface area contributed by atoms with Gasteiger partial charge in [0.25, 0.3) is 11.5 Å². The Morgan fingerprint density at radius 2 is 1.50 bits per heavy atom. The molecule has 8 heteroatoms. The van der Waals surface area contributed by atoms with Crippen LogP contribution < -0.4 is 11.2 Å². The van der Waals surface area contributed by atoms with Gasteiger partial charge in [0.2, 0.25) is 5.91 Å². The smallest absolute Gasteiger partial charge is 0.329 e. The number of amides is 2. The SMILES string of the molecule is O=C(c1ccc(Cn2c(=O)[nH]c(=O)c3ccccc32)cc1)N1CCN(C(=O)C2CCCC2)CC1. The first-order valence-electron chi connectivity index (χ1n) is 11.9. The van der Waals surface area contributed by atoms with Crippen LogP contribution in [0.25, 0.3) is 10.9 Å².